The van der Waals surface area contributed by atoms with E-state index in [4.69, 9.17) is 0 Å². The molecule has 3 heteroatoms. The number of benzene rings is 1. The Morgan fingerprint density at radius 2 is 2.11 bits per heavy atom. The van der Waals surface area contributed by atoms with Gasteiger partial charge in [-0.25, -0.2) is 4.98 Å². The number of fused-ring (bicyclic) bond motifs is 1. The number of unbranched alkanes of at least 4 members (excludes halogenated alkanes) is 1. The molecule has 0 N–H and O–H groups in total. The fourth-order valence-corrected chi connectivity index (χ4v) is 4.35. The Kier molecular flexibility index (Phi) is 5.51. The van der Waals surface area contributed by atoms with Gasteiger partial charge in [-0.3, -0.25) is 0 Å². The van der Waals surface area contributed by atoms with Crippen molar-refractivity contribution in [2.45, 2.75) is 43.9 Å². The number of thioether (sulfide) groups is 1. The van der Waals surface area contributed by atoms with Crippen molar-refractivity contribution in [3.05, 3.63) is 24.3 Å². The zero-order valence-electron chi connectivity index (χ0n) is 11.2. The maximum atomic E-state index is 4.68. The Morgan fingerprint density at radius 3 is 2.83 bits per heavy atom. The molecular weight excluding hydrogens is 258 g/mol. The molecule has 0 aliphatic carbocycles. The summed E-state index contributed by atoms with van der Waals surface area (Å²) in [4.78, 5) is 4.68. The molecule has 1 heterocycles. The molecule has 0 amide bonds. The molecule has 18 heavy (non-hydrogen) atoms. The van der Waals surface area contributed by atoms with Gasteiger partial charge in [-0.15, -0.1) is 11.3 Å². The van der Waals surface area contributed by atoms with E-state index < -0.39 is 0 Å². The summed E-state index contributed by atoms with van der Waals surface area (Å²) >= 11 is 3.76. The van der Waals surface area contributed by atoms with Gasteiger partial charge in [0.25, 0.3) is 0 Å². The van der Waals surface area contributed by atoms with Crippen LogP contribution in [0.1, 0.15) is 39.5 Å². The first-order valence-electron chi connectivity index (χ1n) is 6.81. The van der Waals surface area contributed by atoms with E-state index in [1.165, 1.54) is 40.5 Å². The van der Waals surface area contributed by atoms with Crippen LogP contribution in [0.4, 0.5) is 0 Å². The molecule has 0 saturated heterocycles. The number of rotatable bonds is 7. The van der Waals surface area contributed by atoms with Crippen LogP contribution in [0.2, 0.25) is 0 Å². The second-order valence-electron chi connectivity index (χ2n) is 4.68. The first-order valence-corrected chi connectivity index (χ1v) is 8.62. The lowest BCUT2D eigenvalue weighted by Gasteiger charge is -2.12. The van der Waals surface area contributed by atoms with Gasteiger partial charge in [0.05, 0.1) is 10.2 Å². The van der Waals surface area contributed by atoms with Gasteiger partial charge >= 0.3 is 0 Å². The van der Waals surface area contributed by atoms with Crippen molar-refractivity contribution >= 4 is 33.3 Å². The Hall–Kier alpha value is -0.540. The van der Waals surface area contributed by atoms with Crippen molar-refractivity contribution in [1.29, 1.82) is 0 Å². The lowest BCUT2D eigenvalue weighted by molar-refractivity contribution is 0.499. The third kappa shape index (κ3) is 3.72. The highest BCUT2D eigenvalue weighted by Crippen LogP contribution is 2.31. The summed E-state index contributed by atoms with van der Waals surface area (Å²) in [7, 11) is 0. The van der Waals surface area contributed by atoms with Crippen molar-refractivity contribution in [2.75, 3.05) is 5.75 Å². The zero-order chi connectivity index (χ0) is 12.8. The lowest BCUT2D eigenvalue weighted by Crippen LogP contribution is -2.01. The van der Waals surface area contributed by atoms with E-state index in [-0.39, 0.29) is 0 Å². The molecule has 1 unspecified atom stereocenters. The number of hydrogen-bond donors (Lipinski definition) is 0. The number of nitrogens with zero attached hydrogens (tertiary/aromatic N) is 1. The van der Waals surface area contributed by atoms with Crippen LogP contribution in [0.3, 0.4) is 0 Å². The molecule has 98 valence electrons. The van der Waals surface area contributed by atoms with E-state index >= 15 is 0 Å². The van der Waals surface area contributed by atoms with Crippen molar-refractivity contribution in [3.8, 4) is 0 Å². The molecule has 1 atom stereocenters. The van der Waals surface area contributed by atoms with E-state index in [0.717, 1.165) is 11.4 Å². The van der Waals surface area contributed by atoms with Gasteiger partial charge in [-0.05, 0) is 24.5 Å². The summed E-state index contributed by atoms with van der Waals surface area (Å²) in [5.41, 5.74) is 1.15. The maximum absolute atomic E-state index is 4.68. The van der Waals surface area contributed by atoms with Gasteiger partial charge in [0.1, 0.15) is 0 Å². The van der Waals surface area contributed by atoms with Gasteiger partial charge in [-0.2, -0.15) is 0 Å². The van der Waals surface area contributed by atoms with E-state index in [9.17, 15) is 0 Å². The summed E-state index contributed by atoms with van der Waals surface area (Å²) in [5, 5.41) is 0. The van der Waals surface area contributed by atoms with Gasteiger partial charge in [0, 0.05) is 5.75 Å². The van der Waals surface area contributed by atoms with Crippen LogP contribution >= 0.6 is 23.1 Å². The van der Waals surface area contributed by atoms with Crippen molar-refractivity contribution in [1.82, 2.24) is 4.98 Å². The highest BCUT2D eigenvalue weighted by atomic mass is 32.2. The lowest BCUT2D eigenvalue weighted by atomic mass is 10.0. The van der Waals surface area contributed by atoms with Crippen LogP contribution < -0.4 is 0 Å². The van der Waals surface area contributed by atoms with E-state index in [2.05, 4.69) is 43.1 Å². The highest BCUT2D eigenvalue weighted by molar-refractivity contribution is 8.01. The standard InChI is InChI=1S/C15H21NS2/c1-3-5-8-12(4-2)11-17-15-16-13-9-6-7-10-14(13)18-15/h6-7,9-10,12H,3-5,8,11H2,1-2H3. The summed E-state index contributed by atoms with van der Waals surface area (Å²) in [6.07, 6.45) is 5.32. The van der Waals surface area contributed by atoms with Crippen LogP contribution in [0.5, 0.6) is 0 Å². The number of para-hydroxylation sites is 1. The number of aromatic nitrogens is 1. The van der Waals surface area contributed by atoms with Crippen LogP contribution in [0.25, 0.3) is 10.2 Å². The van der Waals surface area contributed by atoms with Crippen LogP contribution in [-0.2, 0) is 0 Å². The average Bonchev–Trinajstić information content (AvgIpc) is 2.81. The second kappa shape index (κ2) is 7.15. The molecule has 1 aromatic heterocycles. The quantitative estimate of drug-likeness (QED) is 0.611. The maximum Gasteiger partial charge on any atom is 0.151 e. The topological polar surface area (TPSA) is 12.9 Å². The molecule has 0 saturated carbocycles. The van der Waals surface area contributed by atoms with Crippen molar-refractivity contribution in [2.24, 2.45) is 5.92 Å². The predicted octanol–water partition coefficient (Wildman–Crippen LogP) is 5.60. The fourth-order valence-electron chi connectivity index (χ4n) is 2.00. The summed E-state index contributed by atoms with van der Waals surface area (Å²) in [6.45, 7) is 4.58. The molecule has 1 nitrogen and oxygen atoms in total. The Morgan fingerprint density at radius 1 is 1.28 bits per heavy atom. The molecule has 0 bridgehead atoms. The molecule has 1 aromatic carbocycles. The van der Waals surface area contributed by atoms with E-state index in [1.54, 1.807) is 0 Å². The molecule has 0 aliphatic heterocycles. The average molecular weight is 279 g/mol. The van der Waals surface area contributed by atoms with Crippen LogP contribution in [0.15, 0.2) is 28.6 Å². The van der Waals surface area contributed by atoms with Gasteiger partial charge in [-0.1, -0.05) is 57.0 Å². The van der Waals surface area contributed by atoms with Crippen molar-refractivity contribution < 1.29 is 0 Å². The number of hydrogen-bond acceptors (Lipinski definition) is 3. The van der Waals surface area contributed by atoms with Crippen LogP contribution in [-0.4, -0.2) is 10.7 Å². The minimum absolute atomic E-state index is 0.849. The monoisotopic (exact) mass is 279 g/mol. The summed E-state index contributed by atoms with van der Waals surface area (Å²) in [5.74, 6) is 2.07. The molecule has 0 radical (unpaired) electrons. The van der Waals surface area contributed by atoms with E-state index in [0.29, 0.717) is 0 Å². The van der Waals surface area contributed by atoms with Gasteiger partial charge in [0.2, 0.25) is 0 Å². The van der Waals surface area contributed by atoms with Crippen LogP contribution in [0, 0.1) is 5.92 Å². The van der Waals surface area contributed by atoms with E-state index in [1.807, 2.05) is 23.1 Å². The Bertz CT molecular complexity index is 445. The number of thiazole rings is 1. The Labute approximate surface area is 118 Å². The van der Waals surface area contributed by atoms with Crippen molar-refractivity contribution in [3.63, 3.8) is 0 Å². The molecule has 2 aromatic rings. The first-order chi connectivity index (χ1) is 8.83. The smallest absolute Gasteiger partial charge is 0.151 e. The molecule has 0 fully saturated rings. The SMILES string of the molecule is CCCCC(CC)CSc1nc2ccccc2s1. The van der Waals surface area contributed by atoms with Gasteiger partial charge in [0.15, 0.2) is 4.34 Å². The molecule has 0 aliphatic rings. The molecule has 2 rings (SSSR count). The first kappa shape index (κ1) is 13.9. The third-order valence-electron chi connectivity index (χ3n) is 3.26. The molecular formula is C15H21NS2. The highest BCUT2D eigenvalue weighted by Gasteiger charge is 2.09. The van der Waals surface area contributed by atoms with Gasteiger partial charge < -0.3 is 0 Å². The Balaban J connectivity index is 1.92. The summed E-state index contributed by atoms with van der Waals surface area (Å²) in [6, 6.07) is 8.41. The normalized spacial score (nSPS) is 13.0. The summed E-state index contributed by atoms with van der Waals surface area (Å²) < 4.78 is 2.53. The largest absolute Gasteiger partial charge is 0.230 e. The predicted molar refractivity (Wildman–Crippen MR) is 83.7 cm³/mol. The second-order valence-corrected chi connectivity index (χ2v) is 6.97. The third-order valence-corrected chi connectivity index (χ3v) is 5.67. The minimum atomic E-state index is 0.849. The fraction of sp³-hybridized carbons (Fsp3) is 0.533. The minimum Gasteiger partial charge on any atom is -0.230 e. The molecule has 0 spiro atoms. The zero-order valence-corrected chi connectivity index (χ0v) is 12.8.